The van der Waals surface area contributed by atoms with Crippen molar-refractivity contribution in [2.75, 3.05) is 13.2 Å². The maximum absolute atomic E-state index is 6.07. The van der Waals surface area contributed by atoms with E-state index in [9.17, 15) is 0 Å². The van der Waals surface area contributed by atoms with Gasteiger partial charge in [0, 0.05) is 12.3 Å². The van der Waals surface area contributed by atoms with Gasteiger partial charge in [-0.05, 0) is 30.7 Å². The minimum absolute atomic E-state index is 0.346. The number of nitrogens with zero attached hydrogens (tertiary/aromatic N) is 1. The van der Waals surface area contributed by atoms with Gasteiger partial charge in [0.15, 0.2) is 5.75 Å². The number of pyridine rings is 1. The Hall–Kier alpha value is -1.45. The fraction of sp³-hybridized carbons (Fsp3) is 0.214. The van der Waals surface area contributed by atoms with Crippen LogP contribution in [0.3, 0.4) is 0 Å². The lowest BCUT2D eigenvalue weighted by atomic mass is 10.2. The SMILES string of the molecule is Cc1cc(Cl)c(OCCOc2ccccn2)c(Cl)c1. The zero-order chi connectivity index (χ0) is 13.7. The molecule has 1 aromatic carbocycles. The highest BCUT2D eigenvalue weighted by Gasteiger charge is 2.08. The molecule has 1 aromatic heterocycles. The molecule has 0 bridgehead atoms. The number of ether oxygens (including phenoxy) is 2. The zero-order valence-corrected chi connectivity index (χ0v) is 11.9. The number of aryl methyl sites for hydroxylation is 1. The Morgan fingerprint density at radius 2 is 1.74 bits per heavy atom. The van der Waals surface area contributed by atoms with Crippen molar-refractivity contribution < 1.29 is 9.47 Å². The summed E-state index contributed by atoms with van der Waals surface area (Å²) in [7, 11) is 0. The minimum Gasteiger partial charge on any atom is -0.487 e. The van der Waals surface area contributed by atoms with Crippen LogP contribution in [0.2, 0.25) is 10.0 Å². The number of hydrogen-bond donors (Lipinski definition) is 0. The van der Waals surface area contributed by atoms with Gasteiger partial charge in [-0.1, -0.05) is 29.3 Å². The van der Waals surface area contributed by atoms with Gasteiger partial charge in [0.05, 0.1) is 10.0 Å². The number of rotatable bonds is 5. The molecule has 0 unspecified atom stereocenters. The molecule has 2 aromatic rings. The summed E-state index contributed by atoms with van der Waals surface area (Å²) in [6.45, 7) is 2.64. The van der Waals surface area contributed by atoms with E-state index in [4.69, 9.17) is 32.7 Å². The normalized spacial score (nSPS) is 10.3. The summed E-state index contributed by atoms with van der Waals surface area (Å²) in [4.78, 5) is 4.04. The van der Waals surface area contributed by atoms with Crippen molar-refractivity contribution in [2.24, 2.45) is 0 Å². The molecule has 5 heteroatoms. The second-order valence-corrected chi connectivity index (χ2v) is 4.74. The van der Waals surface area contributed by atoms with Gasteiger partial charge >= 0.3 is 0 Å². The summed E-state index contributed by atoms with van der Waals surface area (Å²) in [5, 5.41) is 1.01. The fourth-order valence-electron chi connectivity index (χ4n) is 1.55. The van der Waals surface area contributed by atoms with E-state index in [-0.39, 0.29) is 0 Å². The molecule has 3 nitrogen and oxygen atoms in total. The molecule has 0 aliphatic heterocycles. The van der Waals surface area contributed by atoms with E-state index in [1.165, 1.54) is 0 Å². The Morgan fingerprint density at radius 1 is 1.05 bits per heavy atom. The van der Waals surface area contributed by atoms with Gasteiger partial charge in [0.2, 0.25) is 5.88 Å². The topological polar surface area (TPSA) is 31.4 Å². The van der Waals surface area contributed by atoms with E-state index < -0.39 is 0 Å². The molecule has 0 amide bonds. The van der Waals surface area contributed by atoms with Crippen molar-refractivity contribution in [2.45, 2.75) is 6.92 Å². The molecule has 0 N–H and O–H groups in total. The van der Waals surface area contributed by atoms with Gasteiger partial charge in [-0.25, -0.2) is 4.98 Å². The summed E-state index contributed by atoms with van der Waals surface area (Å²) in [5.74, 6) is 1.05. The van der Waals surface area contributed by atoms with Crippen LogP contribution in [0, 0.1) is 6.92 Å². The van der Waals surface area contributed by atoms with E-state index in [2.05, 4.69) is 4.98 Å². The molecule has 100 valence electrons. The first kappa shape index (κ1) is 14.0. The van der Waals surface area contributed by atoms with Crippen LogP contribution in [-0.2, 0) is 0 Å². The van der Waals surface area contributed by atoms with Crippen LogP contribution >= 0.6 is 23.2 Å². The Labute approximate surface area is 122 Å². The van der Waals surface area contributed by atoms with Crippen molar-refractivity contribution >= 4 is 23.2 Å². The van der Waals surface area contributed by atoms with E-state index in [1.54, 1.807) is 12.3 Å². The fourth-order valence-corrected chi connectivity index (χ4v) is 2.25. The number of aromatic nitrogens is 1. The van der Waals surface area contributed by atoms with Gasteiger partial charge in [-0.3, -0.25) is 0 Å². The van der Waals surface area contributed by atoms with Gasteiger partial charge in [0.1, 0.15) is 13.2 Å². The third-order valence-electron chi connectivity index (χ3n) is 2.36. The van der Waals surface area contributed by atoms with Crippen molar-refractivity contribution in [3.8, 4) is 11.6 Å². The molecule has 0 fully saturated rings. The van der Waals surface area contributed by atoms with Crippen molar-refractivity contribution in [1.29, 1.82) is 0 Å². The molecule has 19 heavy (non-hydrogen) atoms. The second-order valence-electron chi connectivity index (χ2n) is 3.92. The van der Waals surface area contributed by atoms with E-state index in [0.717, 1.165) is 5.56 Å². The van der Waals surface area contributed by atoms with Gasteiger partial charge < -0.3 is 9.47 Å². The van der Waals surface area contributed by atoms with E-state index in [0.29, 0.717) is 34.9 Å². The lowest BCUT2D eigenvalue weighted by Gasteiger charge is -2.11. The standard InChI is InChI=1S/C14H13Cl2NO2/c1-10-8-11(15)14(12(16)9-10)19-7-6-18-13-4-2-3-5-17-13/h2-5,8-9H,6-7H2,1H3. The molecular weight excluding hydrogens is 285 g/mol. The average Bonchev–Trinajstić information content (AvgIpc) is 2.38. The summed E-state index contributed by atoms with van der Waals surface area (Å²) < 4.78 is 10.9. The Balaban J connectivity index is 1.86. The maximum atomic E-state index is 6.07. The molecule has 0 saturated carbocycles. The highest BCUT2D eigenvalue weighted by molar-refractivity contribution is 6.37. The second kappa shape index (κ2) is 6.64. The number of hydrogen-bond acceptors (Lipinski definition) is 3. The summed E-state index contributed by atoms with van der Waals surface area (Å²) in [6.07, 6.45) is 1.67. The van der Waals surface area contributed by atoms with Crippen LogP contribution in [0.1, 0.15) is 5.56 Å². The summed E-state index contributed by atoms with van der Waals surface area (Å²) >= 11 is 12.1. The van der Waals surface area contributed by atoms with Crippen LogP contribution < -0.4 is 9.47 Å². The molecule has 0 spiro atoms. The van der Waals surface area contributed by atoms with Crippen molar-refractivity contribution in [3.63, 3.8) is 0 Å². The third-order valence-corrected chi connectivity index (χ3v) is 2.92. The van der Waals surface area contributed by atoms with Gasteiger partial charge in [-0.2, -0.15) is 0 Å². The van der Waals surface area contributed by atoms with Crippen LogP contribution in [0.4, 0.5) is 0 Å². The summed E-state index contributed by atoms with van der Waals surface area (Å²) in [5.41, 5.74) is 0.993. The Morgan fingerprint density at radius 3 is 2.37 bits per heavy atom. The molecule has 0 radical (unpaired) electrons. The molecule has 0 saturated heterocycles. The maximum Gasteiger partial charge on any atom is 0.213 e. The Kier molecular flexibility index (Phi) is 4.88. The minimum atomic E-state index is 0.346. The number of halogens is 2. The smallest absolute Gasteiger partial charge is 0.213 e. The van der Waals surface area contributed by atoms with Crippen LogP contribution in [0.25, 0.3) is 0 Å². The van der Waals surface area contributed by atoms with Crippen LogP contribution in [0.15, 0.2) is 36.5 Å². The molecule has 0 aliphatic carbocycles. The first-order chi connectivity index (χ1) is 9.16. The van der Waals surface area contributed by atoms with Crippen molar-refractivity contribution in [3.05, 3.63) is 52.1 Å². The molecule has 1 heterocycles. The monoisotopic (exact) mass is 297 g/mol. The van der Waals surface area contributed by atoms with Crippen LogP contribution in [0.5, 0.6) is 11.6 Å². The highest BCUT2D eigenvalue weighted by atomic mass is 35.5. The first-order valence-corrected chi connectivity index (χ1v) is 6.54. The predicted octanol–water partition coefficient (Wildman–Crippen LogP) is 4.15. The van der Waals surface area contributed by atoms with Crippen LogP contribution in [-0.4, -0.2) is 18.2 Å². The Bertz CT molecular complexity index is 523. The molecular formula is C14H13Cl2NO2. The molecule has 2 rings (SSSR count). The quantitative estimate of drug-likeness (QED) is 0.777. The number of benzene rings is 1. The third kappa shape index (κ3) is 4.01. The average molecular weight is 298 g/mol. The summed E-state index contributed by atoms with van der Waals surface area (Å²) in [6, 6.07) is 9.09. The van der Waals surface area contributed by atoms with E-state index in [1.807, 2.05) is 31.2 Å². The van der Waals surface area contributed by atoms with Gasteiger partial charge in [-0.15, -0.1) is 0 Å². The van der Waals surface area contributed by atoms with Gasteiger partial charge in [0.25, 0.3) is 0 Å². The van der Waals surface area contributed by atoms with Crippen molar-refractivity contribution in [1.82, 2.24) is 4.98 Å². The predicted molar refractivity (Wildman–Crippen MR) is 76.4 cm³/mol. The lowest BCUT2D eigenvalue weighted by Crippen LogP contribution is -2.10. The molecule has 0 aliphatic rings. The first-order valence-electron chi connectivity index (χ1n) is 5.79. The highest BCUT2D eigenvalue weighted by Crippen LogP contribution is 2.33. The lowest BCUT2D eigenvalue weighted by molar-refractivity contribution is 0.212. The zero-order valence-electron chi connectivity index (χ0n) is 10.4. The molecule has 0 atom stereocenters. The van der Waals surface area contributed by atoms with E-state index >= 15 is 0 Å². The largest absolute Gasteiger partial charge is 0.487 e.